The van der Waals surface area contributed by atoms with Crippen LogP contribution < -0.4 is 5.73 Å². The predicted octanol–water partition coefficient (Wildman–Crippen LogP) is 2.79. The lowest BCUT2D eigenvalue weighted by Crippen LogP contribution is -2.26. The number of benzene rings is 1. The summed E-state index contributed by atoms with van der Waals surface area (Å²) in [6, 6.07) is 6.62. The van der Waals surface area contributed by atoms with Crippen molar-refractivity contribution in [1.82, 2.24) is 0 Å². The molecule has 0 aromatic heterocycles. The highest BCUT2D eigenvalue weighted by atomic mass is 79.9. The Morgan fingerprint density at radius 3 is 2.72 bits per heavy atom. The first-order chi connectivity index (χ1) is 11.8. The Balaban J connectivity index is 2.79. The molecule has 130 valence electrons. The van der Waals surface area contributed by atoms with Crippen molar-refractivity contribution in [3.05, 3.63) is 56.6 Å². The van der Waals surface area contributed by atoms with Crippen molar-refractivity contribution in [2.24, 2.45) is 5.73 Å². The lowest BCUT2D eigenvalue weighted by atomic mass is 9.81. The lowest BCUT2D eigenvalue weighted by molar-refractivity contribution is -0.139. The van der Waals surface area contributed by atoms with E-state index in [9.17, 15) is 20.0 Å². The number of nitrogens with two attached hydrogens (primary N) is 1. The minimum atomic E-state index is -1.20. The van der Waals surface area contributed by atoms with Crippen LogP contribution in [0.25, 0.3) is 0 Å². The number of nitriles is 1. The van der Waals surface area contributed by atoms with Crippen molar-refractivity contribution in [3.8, 4) is 6.07 Å². The molecule has 1 aromatic rings. The third-order valence-corrected chi connectivity index (χ3v) is 4.33. The molecule has 8 heteroatoms. The molecule has 7 nitrogen and oxygen atoms in total. The van der Waals surface area contributed by atoms with Crippen LogP contribution in [0.15, 0.2) is 45.5 Å². The van der Waals surface area contributed by atoms with Crippen LogP contribution in [0.2, 0.25) is 0 Å². The van der Waals surface area contributed by atoms with Gasteiger partial charge in [0.1, 0.15) is 17.4 Å². The zero-order valence-corrected chi connectivity index (χ0v) is 15.1. The Morgan fingerprint density at radius 2 is 2.16 bits per heavy atom. The monoisotopic (exact) mass is 406 g/mol. The number of rotatable bonds is 4. The largest absolute Gasteiger partial charge is 0.478 e. The van der Waals surface area contributed by atoms with Crippen LogP contribution in [0.1, 0.15) is 35.7 Å². The van der Waals surface area contributed by atoms with Gasteiger partial charge in [0.2, 0.25) is 5.88 Å². The number of carboxylic acids is 1. The topological polar surface area (TPSA) is 123 Å². The van der Waals surface area contributed by atoms with Crippen LogP contribution in [-0.2, 0) is 14.3 Å². The molecule has 2 rings (SSSR count). The first kappa shape index (κ1) is 18.5. The van der Waals surface area contributed by atoms with Crippen molar-refractivity contribution in [2.75, 3.05) is 6.61 Å². The van der Waals surface area contributed by atoms with Gasteiger partial charge in [-0.2, -0.15) is 5.26 Å². The summed E-state index contributed by atoms with van der Waals surface area (Å²) < 4.78 is 10.7. The highest BCUT2D eigenvalue weighted by Gasteiger charge is 2.38. The number of carbonyl (C=O) groups excluding carboxylic acids is 1. The summed E-state index contributed by atoms with van der Waals surface area (Å²) in [5.74, 6) is -2.90. The number of halogens is 1. The molecule has 0 saturated carbocycles. The third kappa shape index (κ3) is 3.37. The Kier molecular flexibility index (Phi) is 5.49. The van der Waals surface area contributed by atoms with Crippen molar-refractivity contribution < 1.29 is 24.2 Å². The van der Waals surface area contributed by atoms with Gasteiger partial charge in [-0.15, -0.1) is 0 Å². The van der Waals surface area contributed by atoms with Gasteiger partial charge in [0.05, 0.1) is 23.7 Å². The van der Waals surface area contributed by atoms with E-state index in [0.29, 0.717) is 4.47 Å². The molecule has 0 aliphatic carbocycles. The van der Waals surface area contributed by atoms with Crippen LogP contribution in [0.4, 0.5) is 0 Å². The smallest absolute Gasteiger partial charge is 0.338 e. The lowest BCUT2D eigenvalue weighted by Gasteiger charge is -2.27. The summed E-state index contributed by atoms with van der Waals surface area (Å²) in [5.41, 5.74) is 5.98. The van der Waals surface area contributed by atoms with E-state index in [1.807, 2.05) is 6.07 Å². The molecule has 0 amide bonds. The predicted molar refractivity (Wildman–Crippen MR) is 91.1 cm³/mol. The molecule has 0 radical (unpaired) electrons. The molecule has 3 N–H and O–H groups in total. The van der Waals surface area contributed by atoms with Gasteiger partial charge < -0.3 is 20.3 Å². The average molecular weight is 407 g/mol. The third-order valence-electron chi connectivity index (χ3n) is 3.67. The van der Waals surface area contributed by atoms with Gasteiger partial charge in [-0.05, 0) is 41.4 Å². The average Bonchev–Trinajstić information content (AvgIpc) is 2.53. The molecule has 1 atom stereocenters. The molecule has 0 saturated heterocycles. The minimum Gasteiger partial charge on any atom is -0.478 e. The second-order valence-electron chi connectivity index (χ2n) is 5.12. The van der Waals surface area contributed by atoms with Crippen LogP contribution in [0.5, 0.6) is 0 Å². The Morgan fingerprint density at radius 1 is 1.48 bits per heavy atom. The number of allylic oxidation sites excluding steroid dienone is 2. The molecule has 1 unspecified atom stereocenters. The van der Waals surface area contributed by atoms with Gasteiger partial charge in [-0.25, -0.2) is 9.59 Å². The zero-order valence-electron chi connectivity index (χ0n) is 13.5. The number of carboxylic acid groups (broad SMARTS) is 1. The van der Waals surface area contributed by atoms with E-state index in [1.165, 1.54) is 13.0 Å². The Hall–Kier alpha value is -2.79. The Bertz CT molecular complexity index is 851. The molecule has 1 aliphatic heterocycles. The number of hydrogen-bond donors (Lipinski definition) is 2. The summed E-state index contributed by atoms with van der Waals surface area (Å²) >= 11 is 3.20. The van der Waals surface area contributed by atoms with Crippen LogP contribution >= 0.6 is 15.9 Å². The van der Waals surface area contributed by atoms with Gasteiger partial charge in [0.15, 0.2) is 0 Å². The maximum absolute atomic E-state index is 12.4. The molecule has 0 fully saturated rings. The normalized spacial score (nSPS) is 17.0. The molecule has 0 bridgehead atoms. The van der Waals surface area contributed by atoms with Crippen molar-refractivity contribution >= 4 is 27.9 Å². The van der Waals surface area contributed by atoms with E-state index in [4.69, 9.17) is 15.2 Å². The van der Waals surface area contributed by atoms with E-state index < -0.39 is 17.9 Å². The summed E-state index contributed by atoms with van der Waals surface area (Å²) in [5, 5.41) is 19.1. The van der Waals surface area contributed by atoms with Crippen molar-refractivity contribution in [1.29, 1.82) is 5.26 Å². The second kappa shape index (κ2) is 7.40. The number of nitrogens with zero attached hydrogens (tertiary/aromatic N) is 1. The summed E-state index contributed by atoms with van der Waals surface area (Å²) in [6.07, 6.45) is 0. The van der Waals surface area contributed by atoms with Crippen LogP contribution in [0.3, 0.4) is 0 Å². The van der Waals surface area contributed by atoms with E-state index in [2.05, 4.69) is 15.9 Å². The molecule has 25 heavy (non-hydrogen) atoms. The van der Waals surface area contributed by atoms with Gasteiger partial charge >= 0.3 is 11.9 Å². The second-order valence-corrected chi connectivity index (χ2v) is 5.98. The first-order valence-corrected chi connectivity index (χ1v) is 8.09. The first-order valence-electron chi connectivity index (χ1n) is 7.30. The SMILES string of the molecule is CCOC(=O)C1=C(C)OC(N)=C(C#N)C1c1cccc(Br)c1C(=O)O. The van der Waals surface area contributed by atoms with Gasteiger partial charge in [-0.3, -0.25) is 0 Å². The van der Waals surface area contributed by atoms with Gasteiger partial charge in [0.25, 0.3) is 0 Å². The zero-order chi connectivity index (χ0) is 18.7. The number of aromatic carboxylic acids is 1. The van der Waals surface area contributed by atoms with E-state index in [-0.39, 0.29) is 40.5 Å². The molecule has 1 aromatic carbocycles. The van der Waals surface area contributed by atoms with E-state index in [1.54, 1.807) is 19.1 Å². The number of esters is 1. The molecule has 1 aliphatic rings. The minimum absolute atomic E-state index is 0.0470. The highest BCUT2D eigenvalue weighted by Crippen LogP contribution is 2.42. The maximum atomic E-state index is 12.4. The van der Waals surface area contributed by atoms with Crippen LogP contribution in [0, 0.1) is 11.3 Å². The fourth-order valence-corrected chi connectivity index (χ4v) is 3.22. The number of carbonyl (C=O) groups is 2. The van der Waals surface area contributed by atoms with Gasteiger partial charge in [0, 0.05) is 4.47 Å². The van der Waals surface area contributed by atoms with Crippen molar-refractivity contribution in [3.63, 3.8) is 0 Å². The van der Waals surface area contributed by atoms with E-state index in [0.717, 1.165) is 0 Å². The standard InChI is InChI=1S/C17H15BrN2O5/c1-3-24-17(23)12-8(2)25-15(20)10(7-19)13(12)9-5-4-6-11(18)14(9)16(21)22/h4-6,13H,3,20H2,1-2H3,(H,21,22). The maximum Gasteiger partial charge on any atom is 0.338 e. The molecule has 0 spiro atoms. The van der Waals surface area contributed by atoms with Gasteiger partial charge in [-0.1, -0.05) is 12.1 Å². The van der Waals surface area contributed by atoms with Crippen LogP contribution in [-0.4, -0.2) is 23.7 Å². The summed E-state index contributed by atoms with van der Waals surface area (Å²) in [7, 11) is 0. The van der Waals surface area contributed by atoms with Crippen molar-refractivity contribution in [2.45, 2.75) is 19.8 Å². The fourth-order valence-electron chi connectivity index (χ4n) is 2.67. The quantitative estimate of drug-likeness (QED) is 0.736. The van der Waals surface area contributed by atoms with E-state index >= 15 is 0 Å². The Labute approximate surface area is 152 Å². The molecular formula is C17H15BrN2O5. The highest BCUT2D eigenvalue weighted by molar-refractivity contribution is 9.10. The summed E-state index contributed by atoms with van der Waals surface area (Å²) in [6.45, 7) is 3.27. The fraction of sp³-hybridized carbons (Fsp3) is 0.235. The number of ether oxygens (including phenoxy) is 2. The summed E-state index contributed by atoms with van der Waals surface area (Å²) in [4.78, 5) is 24.2. The number of hydrogen-bond acceptors (Lipinski definition) is 6. The molecule has 1 heterocycles. The molecular weight excluding hydrogens is 392 g/mol.